The second kappa shape index (κ2) is 7.41. The normalized spacial score (nSPS) is 12.5. The van der Waals surface area contributed by atoms with Crippen LogP contribution in [-0.2, 0) is 25.9 Å². The molecule has 0 fully saturated rings. The van der Waals surface area contributed by atoms with E-state index in [4.69, 9.17) is 11.6 Å². The molecule has 2 aromatic heterocycles. The predicted molar refractivity (Wildman–Crippen MR) is 82.1 cm³/mol. The molecule has 2 heterocycles. The van der Waals surface area contributed by atoms with Gasteiger partial charge in [-0.25, -0.2) is 0 Å². The fourth-order valence-corrected chi connectivity index (χ4v) is 2.69. The first kappa shape index (κ1) is 21.1. The SMILES string of the molecule is Cc1cc(C(F)(F)F)nn1CCCNC(=O)c1nn(C)c(C(F)(F)F)c1Cl. The molecule has 6 nitrogen and oxygen atoms in total. The van der Waals surface area contributed by atoms with Gasteiger partial charge in [0.05, 0.1) is 0 Å². The van der Waals surface area contributed by atoms with Crippen molar-refractivity contribution in [3.63, 3.8) is 0 Å². The first-order valence-electron chi connectivity index (χ1n) is 7.52. The van der Waals surface area contributed by atoms with E-state index in [1.807, 2.05) is 0 Å². The minimum absolute atomic E-state index is 0.0201. The van der Waals surface area contributed by atoms with Crippen molar-refractivity contribution in [1.82, 2.24) is 24.9 Å². The molecular formula is C14H14ClF6N5O. The summed E-state index contributed by atoms with van der Waals surface area (Å²) < 4.78 is 77.9. The highest BCUT2D eigenvalue weighted by Gasteiger charge is 2.40. The second-order valence-corrected chi connectivity index (χ2v) is 6.01. The van der Waals surface area contributed by atoms with Crippen LogP contribution in [0.15, 0.2) is 6.07 Å². The van der Waals surface area contributed by atoms with Crippen LogP contribution in [0.5, 0.6) is 0 Å². The van der Waals surface area contributed by atoms with E-state index in [0.717, 1.165) is 17.8 Å². The van der Waals surface area contributed by atoms with E-state index in [0.29, 0.717) is 4.68 Å². The number of rotatable bonds is 5. The van der Waals surface area contributed by atoms with Crippen LogP contribution in [0.1, 0.15) is 34.0 Å². The Morgan fingerprint density at radius 2 is 1.81 bits per heavy atom. The molecule has 0 aliphatic heterocycles. The highest BCUT2D eigenvalue weighted by molar-refractivity contribution is 6.34. The molecular weight excluding hydrogens is 404 g/mol. The highest BCUT2D eigenvalue weighted by Crippen LogP contribution is 2.35. The van der Waals surface area contributed by atoms with Crippen LogP contribution in [0.4, 0.5) is 26.3 Å². The molecule has 2 rings (SSSR count). The number of nitrogens with one attached hydrogen (secondary N) is 1. The van der Waals surface area contributed by atoms with Crippen molar-refractivity contribution in [2.24, 2.45) is 7.05 Å². The van der Waals surface area contributed by atoms with Gasteiger partial charge in [0.25, 0.3) is 5.91 Å². The number of hydrogen-bond donors (Lipinski definition) is 1. The van der Waals surface area contributed by atoms with Gasteiger partial charge in [0.2, 0.25) is 0 Å². The van der Waals surface area contributed by atoms with Crippen LogP contribution in [0.2, 0.25) is 5.02 Å². The van der Waals surface area contributed by atoms with Gasteiger partial charge in [-0.05, 0) is 19.4 Å². The Kier molecular flexibility index (Phi) is 5.78. The van der Waals surface area contributed by atoms with Gasteiger partial charge in [-0.1, -0.05) is 11.6 Å². The summed E-state index contributed by atoms with van der Waals surface area (Å²) in [6, 6.07) is 0.894. The smallest absolute Gasteiger partial charge is 0.351 e. The third kappa shape index (κ3) is 4.73. The molecule has 27 heavy (non-hydrogen) atoms. The number of aryl methyl sites for hydroxylation is 3. The standard InChI is InChI=1S/C14H14ClF6N5O/c1-7-6-8(13(16,17)18)23-26(7)5-3-4-22-12(27)10-9(15)11(14(19,20)21)25(2)24-10/h6H,3-5H2,1-2H3,(H,22,27). The average Bonchev–Trinajstić information content (AvgIpc) is 3.02. The maximum absolute atomic E-state index is 12.8. The van der Waals surface area contributed by atoms with Crippen molar-refractivity contribution < 1.29 is 31.1 Å². The lowest BCUT2D eigenvalue weighted by molar-refractivity contribution is -0.143. The van der Waals surface area contributed by atoms with Crippen molar-refractivity contribution >= 4 is 17.5 Å². The Morgan fingerprint density at radius 1 is 1.19 bits per heavy atom. The Bertz CT molecular complexity index is 838. The molecule has 0 spiro atoms. The zero-order chi connectivity index (χ0) is 20.6. The number of hydrogen-bond acceptors (Lipinski definition) is 3. The Hall–Kier alpha value is -2.24. The molecule has 0 bridgehead atoms. The van der Waals surface area contributed by atoms with Crippen LogP contribution in [0.3, 0.4) is 0 Å². The second-order valence-electron chi connectivity index (χ2n) is 5.63. The summed E-state index contributed by atoms with van der Waals surface area (Å²) in [5.74, 6) is -0.917. The molecule has 0 unspecified atom stereocenters. The van der Waals surface area contributed by atoms with Crippen molar-refractivity contribution in [2.45, 2.75) is 32.2 Å². The van der Waals surface area contributed by atoms with Crippen LogP contribution >= 0.6 is 11.6 Å². The fraction of sp³-hybridized carbons (Fsp3) is 0.500. The van der Waals surface area contributed by atoms with Crippen molar-refractivity contribution in [3.05, 3.63) is 33.9 Å². The minimum Gasteiger partial charge on any atom is -0.351 e. The first-order valence-corrected chi connectivity index (χ1v) is 7.89. The molecule has 150 valence electrons. The minimum atomic E-state index is -4.77. The molecule has 13 heteroatoms. The predicted octanol–water partition coefficient (Wildman–Crippen LogP) is 3.44. The molecule has 0 aliphatic carbocycles. The summed E-state index contributed by atoms with van der Waals surface area (Å²) in [7, 11) is 1.00. The number of carbonyl (C=O) groups is 1. The summed E-state index contributed by atoms with van der Waals surface area (Å²) in [6.45, 7) is 1.51. The summed E-state index contributed by atoms with van der Waals surface area (Å²) in [5.41, 5.74) is -2.57. The molecule has 0 radical (unpaired) electrons. The zero-order valence-electron chi connectivity index (χ0n) is 14.0. The van der Waals surface area contributed by atoms with E-state index in [1.54, 1.807) is 0 Å². The number of aromatic nitrogens is 4. The average molecular weight is 418 g/mol. The van der Waals surface area contributed by atoms with Crippen LogP contribution in [0.25, 0.3) is 0 Å². The number of nitrogens with zero attached hydrogens (tertiary/aromatic N) is 4. The Morgan fingerprint density at radius 3 is 2.30 bits per heavy atom. The zero-order valence-corrected chi connectivity index (χ0v) is 14.8. The third-order valence-corrected chi connectivity index (χ3v) is 3.93. The van der Waals surface area contributed by atoms with Gasteiger partial charge in [-0.2, -0.15) is 36.5 Å². The number of halogens is 7. The molecule has 2 aromatic rings. The molecule has 0 aliphatic rings. The first-order chi connectivity index (χ1) is 12.3. The maximum Gasteiger partial charge on any atom is 0.435 e. The van der Waals surface area contributed by atoms with E-state index < -0.39 is 40.4 Å². The number of alkyl halides is 6. The van der Waals surface area contributed by atoms with Gasteiger partial charge in [-0.3, -0.25) is 14.2 Å². The van der Waals surface area contributed by atoms with Crippen molar-refractivity contribution in [2.75, 3.05) is 6.54 Å². The quantitative estimate of drug-likeness (QED) is 0.599. The molecule has 1 amide bonds. The van der Waals surface area contributed by atoms with Crippen molar-refractivity contribution in [3.8, 4) is 0 Å². The molecule has 0 atom stereocenters. The van der Waals surface area contributed by atoms with Crippen LogP contribution < -0.4 is 5.32 Å². The maximum atomic E-state index is 12.8. The van der Waals surface area contributed by atoms with E-state index >= 15 is 0 Å². The largest absolute Gasteiger partial charge is 0.435 e. The van der Waals surface area contributed by atoms with Gasteiger partial charge in [0.15, 0.2) is 17.1 Å². The summed E-state index contributed by atoms with van der Waals surface area (Å²) in [6.07, 6.45) is -9.14. The Balaban J connectivity index is 1.95. The fourth-order valence-electron chi connectivity index (χ4n) is 2.34. The van der Waals surface area contributed by atoms with E-state index in [9.17, 15) is 31.1 Å². The molecule has 1 N–H and O–H groups in total. The lowest BCUT2D eigenvalue weighted by Crippen LogP contribution is -2.26. The van der Waals surface area contributed by atoms with E-state index in [1.165, 1.54) is 6.92 Å². The lowest BCUT2D eigenvalue weighted by atomic mass is 10.3. The van der Waals surface area contributed by atoms with Crippen LogP contribution in [0, 0.1) is 6.92 Å². The van der Waals surface area contributed by atoms with Gasteiger partial charge in [0, 0.05) is 25.8 Å². The topological polar surface area (TPSA) is 64.7 Å². The van der Waals surface area contributed by atoms with Crippen molar-refractivity contribution in [1.29, 1.82) is 0 Å². The van der Waals surface area contributed by atoms with E-state index in [-0.39, 0.29) is 25.2 Å². The van der Waals surface area contributed by atoms with Gasteiger partial charge < -0.3 is 5.32 Å². The monoisotopic (exact) mass is 417 g/mol. The lowest BCUT2D eigenvalue weighted by Gasteiger charge is -2.07. The van der Waals surface area contributed by atoms with Gasteiger partial charge >= 0.3 is 12.4 Å². The molecule has 0 saturated heterocycles. The highest BCUT2D eigenvalue weighted by atomic mass is 35.5. The van der Waals surface area contributed by atoms with Crippen LogP contribution in [-0.4, -0.2) is 32.0 Å². The van der Waals surface area contributed by atoms with E-state index in [2.05, 4.69) is 15.5 Å². The summed E-state index contributed by atoms with van der Waals surface area (Å²) in [4.78, 5) is 12.0. The van der Waals surface area contributed by atoms with Gasteiger partial charge in [0.1, 0.15) is 5.02 Å². The molecule has 0 aromatic carbocycles. The Labute approximate surface area is 154 Å². The van der Waals surface area contributed by atoms with Gasteiger partial charge in [-0.15, -0.1) is 0 Å². The number of amides is 1. The number of carbonyl (C=O) groups excluding carboxylic acids is 1. The summed E-state index contributed by atoms with van der Waals surface area (Å²) >= 11 is 5.60. The third-order valence-electron chi connectivity index (χ3n) is 3.58. The summed E-state index contributed by atoms with van der Waals surface area (Å²) in [5, 5.41) is 8.41. The molecule has 0 saturated carbocycles.